The van der Waals surface area contributed by atoms with Crippen LogP contribution >= 0.6 is 15.9 Å². The number of anilines is 4. The molecule has 3 N–H and O–H groups in total. The molecular formula is C18H18BrN5O2. The summed E-state index contributed by atoms with van der Waals surface area (Å²) < 4.78 is 5.74. The van der Waals surface area contributed by atoms with Gasteiger partial charge < -0.3 is 20.4 Å². The SMILES string of the molecule is CCNc1cc(C)nc(Nc2ccc(NC(=O)c3ccc(Br)o3)cc2)n1. The Morgan fingerprint density at radius 3 is 2.50 bits per heavy atom. The Hall–Kier alpha value is -2.87. The third-order valence-electron chi connectivity index (χ3n) is 3.41. The van der Waals surface area contributed by atoms with Gasteiger partial charge in [0.05, 0.1) is 0 Å². The van der Waals surface area contributed by atoms with Crippen molar-refractivity contribution in [2.24, 2.45) is 0 Å². The van der Waals surface area contributed by atoms with Crippen LogP contribution < -0.4 is 16.0 Å². The highest BCUT2D eigenvalue weighted by molar-refractivity contribution is 9.10. The second-order valence-corrected chi connectivity index (χ2v) is 6.29. The number of aryl methyl sites for hydroxylation is 1. The van der Waals surface area contributed by atoms with Crippen molar-refractivity contribution in [3.8, 4) is 0 Å². The van der Waals surface area contributed by atoms with E-state index in [4.69, 9.17) is 4.42 Å². The monoisotopic (exact) mass is 415 g/mol. The van der Waals surface area contributed by atoms with Gasteiger partial charge in [0.15, 0.2) is 10.4 Å². The van der Waals surface area contributed by atoms with Gasteiger partial charge in [0.1, 0.15) is 5.82 Å². The van der Waals surface area contributed by atoms with Crippen LogP contribution in [0.4, 0.5) is 23.1 Å². The molecule has 134 valence electrons. The van der Waals surface area contributed by atoms with E-state index in [-0.39, 0.29) is 11.7 Å². The number of hydrogen-bond donors (Lipinski definition) is 3. The molecule has 26 heavy (non-hydrogen) atoms. The number of benzene rings is 1. The van der Waals surface area contributed by atoms with E-state index in [0.29, 0.717) is 16.3 Å². The van der Waals surface area contributed by atoms with E-state index in [0.717, 1.165) is 23.7 Å². The Balaban J connectivity index is 1.67. The Morgan fingerprint density at radius 1 is 1.12 bits per heavy atom. The van der Waals surface area contributed by atoms with Crippen LogP contribution in [-0.4, -0.2) is 22.4 Å². The molecule has 0 aliphatic carbocycles. The van der Waals surface area contributed by atoms with E-state index in [1.54, 1.807) is 24.3 Å². The lowest BCUT2D eigenvalue weighted by Gasteiger charge is -2.09. The fourth-order valence-corrected chi connectivity index (χ4v) is 2.60. The van der Waals surface area contributed by atoms with Gasteiger partial charge in [0, 0.05) is 29.7 Å². The van der Waals surface area contributed by atoms with Crippen molar-refractivity contribution in [2.75, 3.05) is 22.5 Å². The van der Waals surface area contributed by atoms with Crippen LogP contribution in [0.1, 0.15) is 23.2 Å². The zero-order chi connectivity index (χ0) is 18.5. The number of nitrogens with zero attached hydrogens (tertiary/aromatic N) is 2. The second-order valence-electron chi connectivity index (χ2n) is 5.51. The summed E-state index contributed by atoms with van der Waals surface area (Å²) in [7, 11) is 0. The summed E-state index contributed by atoms with van der Waals surface area (Å²) in [5, 5.41) is 9.11. The van der Waals surface area contributed by atoms with Gasteiger partial charge in [0.2, 0.25) is 5.95 Å². The molecule has 3 rings (SSSR count). The number of hydrogen-bond acceptors (Lipinski definition) is 6. The molecule has 0 atom stereocenters. The summed E-state index contributed by atoms with van der Waals surface area (Å²) in [6, 6.07) is 12.4. The van der Waals surface area contributed by atoms with E-state index in [1.807, 2.05) is 32.0 Å². The molecule has 0 aliphatic heterocycles. The maximum Gasteiger partial charge on any atom is 0.291 e. The molecule has 0 fully saturated rings. The van der Waals surface area contributed by atoms with Crippen molar-refractivity contribution in [3.05, 3.63) is 58.6 Å². The summed E-state index contributed by atoms with van der Waals surface area (Å²) in [4.78, 5) is 20.9. The van der Waals surface area contributed by atoms with Gasteiger partial charge in [-0.15, -0.1) is 0 Å². The Kier molecular flexibility index (Phi) is 5.52. The molecular weight excluding hydrogens is 398 g/mol. The van der Waals surface area contributed by atoms with Crippen molar-refractivity contribution in [1.82, 2.24) is 9.97 Å². The summed E-state index contributed by atoms with van der Waals surface area (Å²) in [5.41, 5.74) is 2.34. The topological polar surface area (TPSA) is 92.1 Å². The molecule has 0 saturated carbocycles. The summed E-state index contributed by atoms with van der Waals surface area (Å²) >= 11 is 3.18. The fourth-order valence-electron chi connectivity index (χ4n) is 2.29. The molecule has 0 radical (unpaired) electrons. The zero-order valence-corrected chi connectivity index (χ0v) is 15.9. The maximum absolute atomic E-state index is 12.1. The quantitative estimate of drug-likeness (QED) is 0.545. The Bertz CT molecular complexity index is 908. The first-order valence-electron chi connectivity index (χ1n) is 8.07. The van der Waals surface area contributed by atoms with Crippen molar-refractivity contribution in [1.29, 1.82) is 0 Å². The average Bonchev–Trinajstić information content (AvgIpc) is 3.03. The lowest BCUT2D eigenvalue weighted by molar-refractivity contribution is 0.0995. The number of furan rings is 1. The molecule has 0 saturated heterocycles. The van der Waals surface area contributed by atoms with Crippen LogP contribution in [0.15, 0.2) is 51.6 Å². The fraction of sp³-hybridized carbons (Fsp3) is 0.167. The summed E-state index contributed by atoms with van der Waals surface area (Å²) in [5.74, 6) is 1.21. The van der Waals surface area contributed by atoms with E-state index < -0.39 is 0 Å². The first kappa shape index (κ1) is 17.9. The van der Waals surface area contributed by atoms with E-state index >= 15 is 0 Å². The Morgan fingerprint density at radius 2 is 1.85 bits per heavy atom. The molecule has 2 aromatic heterocycles. The number of halogens is 1. The van der Waals surface area contributed by atoms with Gasteiger partial charge in [-0.3, -0.25) is 4.79 Å². The molecule has 0 bridgehead atoms. The predicted molar refractivity (Wildman–Crippen MR) is 105 cm³/mol. The molecule has 8 heteroatoms. The molecule has 0 unspecified atom stereocenters. The minimum absolute atomic E-state index is 0.239. The largest absolute Gasteiger partial charge is 0.444 e. The van der Waals surface area contributed by atoms with Crippen LogP contribution in [-0.2, 0) is 0 Å². The van der Waals surface area contributed by atoms with Crippen LogP contribution in [0.5, 0.6) is 0 Å². The number of carbonyl (C=O) groups excluding carboxylic acids is 1. The summed E-state index contributed by atoms with van der Waals surface area (Å²) in [6.07, 6.45) is 0. The minimum atomic E-state index is -0.311. The average molecular weight is 416 g/mol. The van der Waals surface area contributed by atoms with Crippen molar-refractivity contribution < 1.29 is 9.21 Å². The Labute approximate surface area is 159 Å². The van der Waals surface area contributed by atoms with Gasteiger partial charge in [-0.25, -0.2) is 4.98 Å². The van der Waals surface area contributed by atoms with Gasteiger partial charge in [-0.05, 0) is 66.2 Å². The second kappa shape index (κ2) is 8.01. The highest BCUT2D eigenvalue weighted by atomic mass is 79.9. The molecule has 1 amide bonds. The standard InChI is InChI=1S/C18H18BrN5O2/c1-3-20-16-10-11(2)21-18(24-16)23-13-6-4-12(5-7-13)22-17(25)14-8-9-15(19)26-14/h4-10H,3H2,1-2H3,(H,22,25)(H2,20,21,23,24). The zero-order valence-electron chi connectivity index (χ0n) is 14.3. The van der Waals surface area contributed by atoms with Gasteiger partial charge in [-0.1, -0.05) is 0 Å². The first-order valence-corrected chi connectivity index (χ1v) is 8.86. The number of aromatic nitrogens is 2. The highest BCUT2D eigenvalue weighted by Gasteiger charge is 2.10. The third-order valence-corrected chi connectivity index (χ3v) is 3.83. The van der Waals surface area contributed by atoms with Crippen molar-refractivity contribution in [3.63, 3.8) is 0 Å². The van der Waals surface area contributed by atoms with Gasteiger partial charge >= 0.3 is 0 Å². The lowest BCUT2D eigenvalue weighted by Crippen LogP contribution is -2.10. The molecule has 0 aliphatic rings. The molecule has 7 nitrogen and oxygen atoms in total. The minimum Gasteiger partial charge on any atom is -0.444 e. The van der Waals surface area contributed by atoms with Crippen LogP contribution in [0.2, 0.25) is 0 Å². The van der Waals surface area contributed by atoms with E-state index in [1.165, 1.54) is 0 Å². The normalized spacial score (nSPS) is 10.4. The van der Waals surface area contributed by atoms with Gasteiger partial charge in [-0.2, -0.15) is 4.98 Å². The van der Waals surface area contributed by atoms with E-state index in [9.17, 15) is 4.79 Å². The smallest absolute Gasteiger partial charge is 0.291 e. The first-order chi connectivity index (χ1) is 12.5. The lowest BCUT2D eigenvalue weighted by atomic mass is 10.2. The van der Waals surface area contributed by atoms with E-state index in [2.05, 4.69) is 41.8 Å². The molecule has 3 aromatic rings. The number of amides is 1. The highest BCUT2D eigenvalue weighted by Crippen LogP contribution is 2.20. The summed E-state index contributed by atoms with van der Waals surface area (Å²) in [6.45, 7) is 4.72. The number of nitrogens with one attached hydrogen (secondary N) is 3. The molecule has 2 heterocycles. The maximum atomic E-state index is 12.1. The van der Waals surface area contributed by atoms with Crippen LogP contribution in [0.3, 0.4) is 0 Å². The predicted octanol–water partition coefficient (Wildman–Crippen LogP) is 4.57. The van der Waals surface area contributed by atoms with Gasteiger partial charge in [0.25, 0.3) is 5.91 Å². The molecule has 0 spiro atoms. The van der Waals surface area contributed by atoms with Crippen molar-refractivity contribution >= 4 is 45.0 Å². The van der Waals surface area contributed by atoms with Crippen LogP contribution in [0, 0.1) is 6.92 Å². The van der Waals surface area contributed by atoms with Crippen LogP contribution in [0.25, 0.3) is 0 Å². The number of carbonyl (C=O) groups is 1. The third kappa shape index (κ3) is 4.60. The van der Waals surface area contributed by atoms with Crippen molar-refractivity contribution in [2.45, 2.75) is 13.8 Å². The molecule has 1 aromatic carbocycles. The number of rotatable bonds is 6.